The molecule has 5 heteroatoms. The van der Waals surface area contributed by atoms with Crippen molar-refractivity contribution < 1.29 is 24.2 Å². The van der Waals surface area contributed by atoms with Crippen LogP contribution in [0.1, 0.15) is 40.0 Å². The van der Waals surface area contributed by atoms with Gasteiger partial charge in [0.15, 0.2) is 11.6 Å². The molecule has 1 aliphatic heterocycles. The lowest BCUT2D eigenvalue weighted by Crippen LogP contribution is -2.66. The molecule has 1 saturated heterocycles. The van der Waals surface area contributed by atoms with Crippen LogP contribution < -0.4 is 0 Å². The zero-order valence-corrected chi connectivity index (χ0v) is 15.1. The lowest BCUT2D eigenvalue weighted by molar-refractivity contribution is -0.205. The minimum absolute atomic E-state index is 0.0254. The third-order valence-electron chi connectivity index (χ3n) is 7.82. The molecule has 0 radical (unpaired) electrons. The van der Waals surface area contributed by atoms with E-state index in [9.17, 15) is 19.5 Å². The molecule has 1 N–H and O–H groups in total. The minimum atomic E-state index is -1.19. The number of allylic oxidation sites excluding steroid dienone is 2. The molecule has 5 nitrogen and oxygen atoms in total. The number of hydrogen-bond acceptors (Lipinski definition) is 5. The summed E-state index contributed by atoms with van der Waals surface area (Å²) in [6, 6.07) is 0. The van der Waals surface area contributed by atoms with Gasteiger partial charge in [-0.2, -0.15) is 0 Å². The molecule has 0 amide bonds. The van der Waals surface area contributed by atoms with Crippen LogP contribution in [0.25, 0.3) is 0 Å². The van der Waals surface area contributed by atoms with Gasteiger partial charge in [-0.05, 0) is 42.6 Å². The Morgan fingerprint density at radius 2 is 1.96 bits per heavy atom. The Labute approximate surface area is 147 Å². The van der Waals surface area contributed by atoms with Crippen molar-refractivity contribution in [2.45, 2.75) is 40.0 Å². The van der Waals surface area contributed by atoms with Crippen LogP contribution in [-0.2, 0) is 19.1 Å². The number of fused-ring (bicyclic) bond motifs is 2. The molecule has 4 aliphatic rings. The van der Waals surface area contributed by atoms with Gasteiger partial charge >= 0.3 is 5.97 Å². The molecule has 0 aromatic rings. The Morgan fingerprint density at radius 3 is 2.64 bits per heavy atom. The predicted molar refractivity (Wildman–Crippen MR) is 89.3 cm³/mol. The van der Waals surface area contributed by atoms with E-state index in [-0.39, 0.29) is 48.5 Å². The molecule has 3 aliphatic carbocycles. The zero-order valence-electron chi connectivity index (χ0n) is 15.1. The second-order valence-corrected chi connectivity index (χ2v) is 9.09. The molecule has 0 aromatic heterocycles. The molecule has 1 unspecified atom stereocenters. The molecular formula is C20H26O5. The largest absolute Gasteiger partial charge is 0.464 e. The van der Waals surface area contributed by atoms with Crippen molar-refractivity contribution in [3.63, 3.8) is 0 Å². The van der Waals surface area contributed by atoms with Gasteiger partial charge in [-0.3, -0.25) is 14.4 Å². The van der Waals surface area contributed by atoms with Gasteiger partial charge in [-0.1, -0.05) is 26.8 Å². The standard InChI is InChI=1S/C20H26O5/c1-11-12-4-5-13-19(8-12,16(11)23)17(24)25-10-20(13)14(9-21)18(2,3)7-6-15(20)22/h6-7,11-14,21H,4-5,8-10H2,1-3H3/t11?,12-,13-,14-,19+,20+/m1/s1. The Kier molecular flexibility index (Phi) is 3.41. The number of esters is 1. The normalized spacial score (nSPS) is 47.8. The third-order valence-corrected chi connectivity index (χ3v) is 7.82. The SMILES string of the molecule is CC1C(=O)[C@]23C[C@H]1CC[C@H]2[C@]1(COC3=O)C(=O)C=CC(C)(C)[C@H]1CO. The third kappa shape index (κ3) is 1.80. The predicted octanol–water partition coefficient (Wildman–Crippen LogP) is 1.92. The van der Waals surface area contributed by atoms with E-state index in [2.05, 4.69) is 0 Å². The van der Waals surface area contributed by atoms with Gasteiger partial charge < -0.3 is 9.84 Å². The van der Waals surface area contributed by atoms with Gasteiger partial charge in [0, 0.05) is 18.4 Å². The summed E-state index contributed by atoms with van der Waals surface area (Å²) in [5.41, 5.74) is -2.59. The summed E-state index contributed by atoms with van der Waals surface area (Å²) in [4.78, 5) is 39.1. The Balaban J connectivity index is 1.92. The van der Waals surface area contributed by atoms with Crippen LogP contribution in [0.15, 0.2) is 12.2 Å². The number of aliphatic hydroxyl groups excluding tert-OH is 1. The highest BCUT2D eigenvalue weighted by molar-refractivity contribution is 6.09. The van der Waals surface area contributed by atoms with E-state index in [4.69, 9.17) is 4.74 Å². The highest BCUT2D eigenvalue weighted by Crippen LogP contribution is 2.66. The van der Waals surface area contributed by atoms with Crippen molar-refractivity contribution >= 4 is 17.5 Å². The summed E-state index contributed by atoms with van der Waals surface area (Å²) in [6.07, 6.45) is 5.43. The summed E-state index contributed by atoms with van der Waals surface area (Å²) in [5.74, 6) is -1.31. The first kappa shape index (κ1) is 17.0. The van der Waals surface area contributed by atoms with Gasteiger partial charge in [0.2, 0.25) is 0 Å². The Bertz CT molecular complexity index is 692. The van der Waals surface area contributed by atoms with Crippen LogP contribution in [0, 0.1) is 39.9 Å². The van der Waals surface area contributed by atoms with Gasteiger partial charge in [0.05, 0.1) is 5.41 Å². The van der Waals surface area contributed by atoms with Crippen molar-refractivity contribution in [2.24, 2.45) is 39.9 Å². The topological polar surface area (TPSA) is 80.7 Å². The van der Waals surface area contributed by atoms with Gasteiger partial charge in [0.25, 0.3) is 0 Å². The average molecular weight is 346 g/mol. The van der Waals surface area contributed by atoms with Crippen molar-refractivity contribution in [1.82, 2.24) is 0 Å². The average Bonchev–Trinajstić information content (AvgIpc) is 2.77. The van der Waals surface area contributed by atoms with Gasteiger partial charge in [-0.15, -0.1) is 0 Å². The van der Waals surface area contributed by atoms with E-state index in [1.54, 1.807) is 6.08 Å². The second kappa shape index (κ2) is 5.03. The fourth-order valence-electron chi connectivity index (χ4n) is 6.42. The maximum atomic E-state index is 13.1. The van der Waals surface area contributed by atoms with Crippen molar-refractivity contribution in [1.29, 1.82) is 0 Å². The van der Waals surface area contributed by atoms with Gasteiger partial charge in [-0.25, -0.2) is 0 Å². The van der Waals surface area contributed by atoms with Crippen LogP contribution in [0.5, 0.6) is 0 Å². The second-order valence-electron chi connectivity index (χ2n) is 9.09. The molecule has 6 atom stereocenters. The summed E-state index contributed by atoms with van der Waals surface area (Å²) in [6.45, 7) is 5.69. The molecule has 2 saturated carbocycles. The van der Waals surface area contributed by atoms with Crippen molar-refractivity contribution in [3.05, 3.63) is 12.2 Å². The summed E-state index contributed by atoms with van der Waals surface area (Å²) >= 11 is 0. The smallest absolute Gasteiger partial charge is 0.320 e. The van der Waals surface area contributed by atoms with Gasteiger partial charge in [0.1, 0.15) is 12.0 Å². The fraction of sp³-hybridized carbons (Fsp3) is 0.750. The highest BCUT2D eigenvalue weighted by atomic mass is 16.5. The van der Waals surface area contributed by atoms with E-state index in [0.717, 1.165) is 6.42 Å². The number of hydrogen-bond donors (Lipinski definition) is 1. The number of ketones is 2. The van der Waals surface area contributed by atoms with Crippen molar-refractivity contribution in [3.8, 4) is 0 Å². The summed E-state index contributed by atoms with van der Waals surface area (Å²) in [5, 5.41) is 10.2. The minimum Gasteiger partial charge on any atom is -0.464 e. The fourth-order valence-corrected chi connectivity index (χ4v) is 6.42. The molecule has 2 spiro atoms. The molecular weight excluding hydrogens is 320 g/mol. The number of ether oxygens (including phenoxy) is 1. The molecule has 25 heavy (non-hydrogen) atoms. The molecule has 2 bridgehead atoms. The summed E-state index contributed by atoms with van der Waals surface area (Å²) < 4.78 is 5.55. The first-order valence-electron chi connectivity index (χ1n) is 9.28. The van der Waals surface area contributed by atoms with Crippen LogP contribution >= 0.6 is 0 Å². The first-order chi connectivity index (χ1) is 11.7. The van der Waals surface area contributed by atoms with Crippen LogP contribution in [0.2, 0.25) is 0 Å². The number of cyclic esters (lactones) is 1. The number of carbonyl (C=O) groups excluding carboxylic acids is 3. The first-order valence-corrected chi connectivity index (χ1v) is 9.28. The van der Waals surface area contributed by atoms with E-state index >= 15 is 0 Å². The van der Waals surface area contributed by atoms with Crippen molar-refractivity contribution in [2.75, 3.05) is 13.2 Å². The van der Waals surface area contributed by atoms with E-state index in [1.807, 2.05) is 26.8 Å². The molecule has 4 rings (SSSR count). The number of rotatable bonds is 1. The quantitative estimate of drug-likeness (QED) is 0.579. The molecule has 0 aromatic carbocycles. The van der Waals surface area contributed by atoms with E-state index < -0.39 is 22.2 Å². The molecule has 3 fully saturated rings. The highest BCUT2D eigenvalue weighted by Gasteiger charge is 2.73. The maximum absolute atomic E-state index is 13.1. The lowest BCUT2D eigenvalue weighted by atomic mass is 9.46. The van der Waals surface area contributed by atoms with Crippen LogP contribution in [-0.4, -0.2) is 35.9 Å². The molecule has 1 heterocycles. The van der Waals surface area contributed by atoms with E-state index in [1.165, 1.54) is 0 Å². The number of carbonyl (C=O) groups is 3. The van der Waals surface area contributed by atoms with Crippen LogP contribution in [0.3, 0.4) is 0 Å². The lowest BCUT2D eigenvalue weighted by Gasteiger charge is -2.58. The number of Topliss-reactive ketones (excluding diaryl/α,β-unsaturated/α-hetero) is 1. The Hall–Kier alpha value is -1.49. The summed E-state index contributed by atoms with van der Waals surface area (Å²) in [7, 11) is 0. The van der Waals surface area contributed by atoms with E-state index in [0.29, 0.717) is 12.8 Å². The zero-order chi connectivity index (χ0) is 18.2. The monoisotopic (exact) mass is 346 g/mol. The molecule has 136 valence electrons. The van der Waals surface area contributed by atoms with Crippen LogP contribution in [0.4, 0.5) is 0 Å². The Morgan fingerprint density at radius 1 is 1.24 bits per heavy atom. The maximum Gasteiger partial charge on any atom is 0.320 e. The number of aliphatic hydroxyl groups is 1.